The molecule has 0 saturated heterocycles. The molecule has 4 heteroatoms. The Kier molecular flexibility index (Phi) is 1.41. The zero-order valence-electron chi connectivity index (χ0n) is 7.25. The molecule has 0 radical (unpaired) electrons. The fraction of sp³-hybridized carbons (Fsp3) is 0. The molecule has 3 rings (SSSR count). The van der Waals surface area contributed by atoms with Gasteiger partial charge in [0.05, 0.1) is 23.3 Å². The maximum atomic E-state index is 4.38. The zero-order chi connectivity index (χ0) is 9.38. The van der Waals surface area contributed by atoms with Gasteiger partial charge in [0.25, 0.3) is 0 Å². The van der Waals surface area contributed by atoms with Crippen LogP contribution in [0.1, 0.15) is 5.69 Å². The molecule has 0 N–H and O–H groups in total. The van der Waals surface area contributed by atoms with Gasteiger partial charge in [-0.2, -0.15) is 0 Å². The van der Waals surface area contributed by atoms with Gasteiger partial charge in [-0.15, -0.1) is 0 Å². The third-order valence-corrected chi connectivity index (χ3v) is 2.05. The lowest BCUT2D eigenvalue weighted by atomic mass is 10.2. The van der Waals surface area contributed by atoms with Crippen LogP contribution in [0, 0.1) is 0 Å². The van der Waals surface area contributed by atoms with Crippen LogP contribution in [0.2, 0.25) is 0 Å². The van der Waals surface area contributed by atoms with Gasteiger partial charge in [0.1, 0.15) is 5.69 Å². The van der Waals surface area contributed by atoms with Gasteiger partial charge in [-0.25, -0.2) is 4.99 Å². The van der Waals surface area contributed by atoms with E-state index in [0.29, 0.717) is 0 Å². The second kappa shape index (κ2) is 2.70. The molecule has 3 heterocycles. The predicted octanol–water partition coefficient (Wildman–Crippen LogP) is 1.13. The third-order valence-electron chi connectivity index (χ3n) is 2.05. The molecule has 0 fully saturated rings. The van der Waals surface area contributed by atoms with Crippen molar-refractivity contribution in [1.29, 1.82) is 0 Å². The predicted molar refractivity (Wildman–Crippen MR) is 53.2 cm³/mol. The summed E-state index contributed by atoms with van der Waals surface area (Å²) in [5, 5.41) is 0. The molecule has 4 nitrogen and oxygen atoms in total. The highest BCUT2D eigenvalue weighted by molar-refractivity contribution is 6.11. The fourth-order valence-electron chi connectivity index (χ4n) is 1.40. The number of allylic oxidation sites excluding steroid dienone is 2. The minimum atomic E-state index is 0.783. The summed E-state index contributed by atoms with van der Waals surface area (Å²) in [6.45, 7) is 0. The molecule has 0 unspecified atom stereocenters. The van der Waals surface area contributed by atoms with Crippen LogP contribution >= 0.6 is 0 Å². The molecule has 0 saturated carbocycles. The van der Waals surface area contributed by atoms with Crippen molar-refractivity contribution in [1.82, 2.24) is 9.97 Å². The van der Waals surface area contributed by atoms with Gasteiger partial charge in [0.15, 0.2) is 0 Å². The zero-order valence-corrected chi connectivity index (χ0v) is 7.25. The summed E-state index contributed by atoms with van der Waals surface area (Å²) in [5.41, 5.74) is 3.43. The summed E-state index contributed by atoms with van der Waals surface area (Å²) in [5.74, 6) is 0. The molecule has 1 aromatic rings. The van der Waals surface area contributed by atoms with E-state index in [1.54, 1.807) is 24.8 Å². The molecular formula is C10H6N4. The number of hydrogen-bond acceptors (Lipinski definition) is 4. The lowest BCUT2D eigenvalue weighted by Crippen LogP contribution is -1.97. The molecule has 0 amide bonds. The molecule has 2 aliphatic rings. The third kappa shape index (κ3) is 1.01. The molecule has 0 bridgehead atoms. The molecule has 66 valence electrons. The Morgan fingerprint density at radius 3 is 2.86 bits per heavy atom. The minimum Gasteiger partial charge on any atom is -0.261 e. The van der Waals surface area contributed by atoms with E-state index in [0.717, 1.165) is 22.8 Å². The quantitative estimate of drug-likeness (QED) is 0.653. The average Bonchev–Trinajstić information content (AvgIpc) is 2.78. The summed E-state index contributed by atoms with van der Waals surface area (Å²) in [4.78, 5) is 16.7. The first-order chi connectivity index (χ1) is 6.93. The van der Waals surface area contributed by atoms with E-state index in [2.05, 4.69) is 20.0 Å². The van der Waals surface area contributed by atoms with E-state index >= 15 is 0 Å². The van der Waals surface area contributed by atoms with Crippen LogP contribution in [0.3, 0.4) is 0 Å². The van der Waals surface area contributed by atoms with Gasteiger partial charge in [-0.3, -0.25) is 15.0 Å². The molecule has 2 aliphatic heterocycles. The molecule has 0 atom stereocenters. The normalized spacial score (nSPS) is 17.6. The number of aliphatic imine (C=N–C) groups is 2. The van der Waals surface area contributed by atoms with Crippen molar-refractivity contribution in [2.24, 2.45) is 9.98 Å². The van der Waals surface area contributed by atoms with Gasteiger partial charge in [-0.05, 0) is 12.2 Å². The highest BCUT2D eigenvalue weighted by Gasteiger charge is 2.17. The summed E-state index contributed by atoms with van der Waals surface area (Å²) in [7, 11) is 0. The van der Waals surface area contributed by atoms with Gasteiger partial charge in [-0.1, -0.05) is 0 Å². The highest BCUT2D eigenvalue weighted by atomic mass is 14.9. The van der Waals surface area contributed by atoms with Crippen molar-refractivity contribution in [3.63, 3.8) is 0 Å². The fourth-order valence-corrected chi connectivity index (χ4v) is 1.40. The minimum absolute atomic E-state index is 0.783. The number of hydrogen-bond donors (Lipinski definition) is 0. The van der Waals surface area contributed by atoms with Crippen molar-refractivity contribution in [2.75, 3.05) is 0 Å². The maximum absolute atomic E-state index is 4.38. The topological polar surface area (TPSA) is 50.5 Å². The van der Waals surface area contributed by atoms with Crippen molar-refractivity contribution in [3.05, 3.63) is 47.8 Å². The summed E-state index contributed by atoms with van der Waals surface area (Å²) in [6, 6.07) is 0. The number of fused-ring (bicyclic) bond motifs is 1. The largest absolute Gasteiger partial charge is 0.261 e. The Morgan fingerprint density at radius 1 is 1.07 bits per heavy atom. The van der Waals surface area contributed by atoms with Crippen LogP contribution in [0.15, 0.2) is 52.1 Å². The van der Waals surface area contributed by atoms with Crippen LogP contribution in [-0.4, -0.2) is 21.9 Å². The second-order valence-corrected chi connectivity index (χ2v) is 2.95. The molecular weight excluding hydrogens is 176 g/mol. The number of aromatic nitrogens is 2. The Balaban J connectivity index is 2.05. The van der Waals surface area contributed by atoms with E-state index in [9.17, 15) is 0 Å². The first kappa shape index (κ1) is 7.32. The van der Waals surface area contributed by atoms with Crippen molar-refractivity contribution < 1.29 is 0 Å². The molecule has 0 spiro atoms. The van der Waals surface area contributed by atoms with Crippen LogP contribution in [0.5, 0.6) is 0 Å². The summed E-state index contributed by atoms with van der Waals surface area (Å²) >= 11 is 0. The van der Waals surface area contributed by atoms with E-state index < -0.39 is 0 Å². The van der Waals surface area contributed by atoms with Crippen LogP contribution in [-0.2, 0) is 0 Å². The monoisotopic (exact) mass is 182 g/mol. The Morgan fingerprint density at radius 2 is 2.07 bits per heavy atom. The smallest absolute Gasteiger partial charge is 0.107 e. The molecule has 0 aliphatic carbocycles. The molecule has 14 heavy (non-hydrogen) atoms. The van der Waals surface area contributed by atoms with Crippen molar-refractivity contribution in [2.45, 2.75) is 0 Å². The van der Waals surface area contributed by atoms with E-state index in [1.807, 2.05) is 12.2 Å². The first-order valence-electron chi connectivity index (χ1n) is 4.25. The summed E-state index contributed by atoms with van der Waals surface area (Å²) < 4.78 is 0. The van der Waals surface area contributed by atoms with E-state index in [4.69, 9.17) is 0 Å². The average molecular weight is 182 g/mol. The van der Waals surface area contributed by atoms with Gasteiger partial charge in [0, 0.05) is 18.6 Å². The van der Waals surface area contributed by atoms with Gasteiger partial charge >= 0.3 is 0 Å². The van der Waals surface area contributed by atoms with Crippen LogP contribution < -0.4 is 0 Å². The van der Waals surface area contributed by atoms with Crippen molar-refractivity contribution in [3.8, 4) is 0 Å². The van der Waals surface area contributed by atoms with Crippen LogP contribution in [0.25, 0.3) is 0 Å². The number of nitrogens with zero attached hydrogens (tertiary/aromatic N) is 4. The molecule has 1 aromatic heterocycles. The lowest BCUT2D eigenvalue weighted by Gasteiger charge is -1.93. The molecule has 0 aromatic carbocycles. The van der Waals surface area contributed by atoms with Gasteiger partial charge in [0.2, 0.25) is 0 Å². The van der Waals surface area contributed by atoms with Crippen molar-refractivity contribution >= 4 is 11.9 Å². The SMILES string of the molecule is C1=NC2=CC(c3cnccn3)=NC2=C1. The lowest BCUT2D eigenvalue weighted by molar-refractivity contribution is 1.18. The highest BCUT2D eigenvalue weighted by Crippen LogP contribution is 2.24. The second-order valence-electron chi connectivity index (χ2n) is 2.95. The van der Waals surface area contributed by atoms with E-state index in [1.165, 1.54) is 0 Å². The number of rotatable bonds is 1. The van der Waals surface area contributed by atoms with Crippen LogP contribution in [0.4, 0.5) is 0 Å². The maximum Gasteiger partial charge on any atom is 0.107 e. The summed E-state index contributed by atoms with van der Waals surface area (Å²) in [6.07, 6.45) is 10.5. The van der Waals surface area contributed by atoms with Gasteiger partial charge < -0.3 is 0 Å². The Labute approximate surface area is 80.5 Å². The standard InChI is InChI=1S/C10H6N4/c1-2-12-8-5-9(14-7(1)8)10-6-11-3-4-13-10/h1-6H. The van der Waals surface area contributed by atoms with E-state index in [-0.39, 0.29) is 0 Å². The first-order valence-corrected chi connectivity index (χ1v) is 4.25. The Hall–Kier alpha value is -2.10. The Bertz CT molecular complexity index is 494.